The second kappa shape index (κ2) is 8.41. The van der Waals surface area contributed by atoms with Crippen molar-refractivity contribution < 1.29 is 4.42 Å². The number of para-hydroxylation sites is 2. The van der Waals surface area contributed by atoms with Crippen molar-refractivity contribution in [3.8, 4) is 0 Å². The third-order valence-corrected chi connectivity index (χ3v) is 5.72. The van der Waals surface area contributed by atoms with E-state index in [1.165, 1.54) is 12.8 Å². The summed E-state index contributed by atoms with van der Waals surface area (Å²) in [5.74, 6) is 2.82. The fourth-order valence-electron chi connectivity index (χ4n) is 4.15. The van der Waals surface area contributed by atoms with Gasteiger partial charge in [0.25, 0.3) is 0 Å². The van der Waals surface area contributed by atoms with Crippen molar-refractivity contribution in [2.75, 3.05) is 26.7 Å². The highest BCUT2D eigenvalue weighted by molar-refractivity contribution is 5.74. The zero-order valence-electron chi connectivity index (χ0n) is 17.2. The van der Waals surface area contributed by atoms with Crippen LogP contribution in [0.5, 0.6) is 0 Å². The minimum absolute atomic E-state index is 0.744. The Hall–Kier alpha value is -2.24. The maximum absolute atomic E-state index is 5.72. The lowest BCUT2D eigenvalue weighted by Gasteiger charge is -2.33. The van der Waals surface area contributed by atoms with Gasteiger partial charge in [0.05, 0.1) is 29.0 Å². The summed E-state index contributed by atoms with van der Waals surface area (Å²) < 4.78 is 5.72. The standard InChI is InChI=1S/C23H30N4O/c1-17-8-9-20(28-17)15-27-12-10-19(11-13-27)14-26(3)16-23-18(2)24-21-6-4-5-7-22(21)25-23/h4-9,19H,10-16H2,1-3H3. The lowest BCUT2D eigenvalue weighted by Crippen LogP contribution is -2.37. The molecule has 0 atom stereocenters. The number of aromatic nitrogens is 2. The van der Waals surface area contributed by atoms with E-state index in [0.717, 1.165) is 72.6 Å². The van der Waals surface area contributed by atoms with Crippen LogP contribution in [0, 0.1) is 19.8 Å². The number of piperidine rings is 1. The number of benzene rings is 1. The molecule has 3 aromatic rings. The van der Waals surface area contributed by atoms with Gasteiger partial charge in [0.1, 0.15) is 11.5 Å². The van der Waals surface area contributed by atoms with Gasteiger partial charge in [-0.3, -0.25) is 4.90 Å². The Balaban J connectivity index is 1.29. The summed E-state index contributed by atoms with van der Waals surface area (Å²) in [6.45, 7) is 9.27. The van der Waals surface area contributed by atoms with E-state index in [4.69, 9.17) is 14.4 Å². The Kier molecular flexibility index (Phi) is 5.74. The second-order valence-electron chi connectivity index (χ2n) is 8.17. The van der Waals surface area contributed by atoms with Crippen molar-refractivity contribution in [3.63, 3.8) is 0 Å². The molecule has 0 unspecified atom stereocenters. The first-order valence-electron chi connectivity index (χ1n) is 10.3. The number of nitrogens with zero attached hydrogens (tertiary/aromatic N) is 4. The monoisotopic (exact) mass is 378 g/mol. The van der Waals surface area contributed by atoms with Gasteiger partial charge in [-0.25, -0.2) is 9.97 Å². The van der Waals surface area contributed by atoms with Crippen molar-refractivity contribution in [2.45, 2.75) is 39.8 Å². The molecular formula is C23H30N4O. The van der Waals surface area contributed by atoms with Crippen LogP contribution < -0.4 is 0 Å². The Bertz CT molecular complexity index is 927. The largest absolute Gasteiger partial charge is 0.465 e. The van der Waals surface area contributed by atoms with Gasteiger partial charge in [-0.1, -0.05) is 12.1 Å². The quantitative estimate of drug-likeness (QED) is 0.644. The molecule has 2 aromatic heterocycles. The van der Waals surface area contributed by atoms with Gasteiger partial charge in [-0.15, -0.1) is 0 Å². The van der Waals surface area contributed by atoms with Crippen LogP contribution in [0.4, 0.5) is 0 Å². The number of fused-ring (bicyclic) bond motifs is 1. The molecule has 0 bridgehead atoms. The molecule has 1 aromatic carbocycles. The fourth-order valence-corrected chi connectivity index (χ4v) is 4.15. The summed E-state index contributed by atoms with van der Waals surface area (Å²) in [6, 6.07) is 12.3. The first-order valence-corrected chi connectivity index (χ1v) is 10.3. The summed E-state index contributed by atoms with van der Waals surface area (Å²) in [4.78, 5) is 14.5. The van der Waals surface area contributed by atoms with Crippen LogP contribution in [0.25, 0.3) is 11.0 Å². The van der Waals surface area contributed by atoms with Crippen LogP contribution >= 0.6 is 0 Å². The molecule has 4 rings (SSSR count). The smallest absolute Gasteiger partial charge is 0.118 e. The second-order valence-corrected chi connectivity index (χ2v) is 8.17. The molecule has 0 amide bonds. The summed E-state index contributed by atoms with van der Waals surface area (Å²) in [6.07, 6.45) is 2.48. The van der Waals surface area contributed by atoms with Gasteiger partial charge in [-0.2, -0.15) is 0 Å². The van der Waals surface area contributed by atoms with Gasteiger partial charge < -0.3 is 9.32 Å². The molecule has 3 heterocycles. The van der Waals surface area contributed by atoms with E-state index < -0.39 is 0 Å². The molecular weight excluding hydrogens is 348 g/mol. The Labute approximate surface area is 167 Å². The SMILES string of the molecule is Cc1ccc(CN2CCC(CN(C)Cc3nc4ccccc4nc3C)CC2)o1. The number of rotatable bonds is 6. The van der Waals surface area contributed by atoms with Crippen molar-refractivity contribution in [2.24, 2.45) is 5.92 Å². The van der Waals surface area contributed by atoms with E-state index >= 15 is 0 Å². The maximum atomic E-state index is 5.72. The molecule has 0 radical (unpaired) electrons. The predicted octanol–water partition coefficient (Wildman–Crippen LogP) is 4.18. The number of likely N-dealkylation sites (tertiary alicyclic amines) is 1. The first kappa shape index (κ1) is 19.1. The van der Waals surface area contributed by atoms with Crippen LogP contribution in [0.15, 0.2) is 40.8 Å². The third-order valence-electron chi connectivity index (χ3n) is 5.72. The van der Waals surface area contributed by atoms with Gasteiger partial charge in [0, 0.05) is 13.1 Å². The molecule has 0 aliphatic carbocycles. The van der Waals surface area contributed by atoms with Crippen LogP contribution in [-0.2, 0) is 13.1 Å². The van der Waals surface area contributed by atoms with Crippen molar-refractivity contribution >= 4 is 11.0 Å². The van der Waals surface area contributed by atoms with Gasteiger partial charge >= 0.3 is 0 Å². The van der Waals surface area contributed by atoms with E-state index in [2.05, 4.69) is 35.9 Å². The molecule has 1 aliphatic rings. The van der Waals surface area contributed by atoms with Crippen LogP contribution in [0.1, 0.15) is 35.7 Å². The van der Waals surface area contributed by atoms with Gasteiger partial charge in [-0.05, 0) is 77.0 Å². The van der Waals surface area contributed by atoms with E-state index in [-0.39, 0.29) is 0 Å². The van der Waals surface area contributed by atoms with Crippen molar-refractivity contribution in [3.05, 3.63) is 59.3 Å². The van der Waals surface area contributed by atoms with E-state index in [0.29, 0.717) is 0 Å². The van der Waals surface area contributed by atoms with Crippen LogP contribution in [0.2, 0.25) is 0 Å². The molecule has 0 saturated carbocycles. The highest BCUT2D eigenvalue weighted by Crippen LogP contribution is 2.21. The van der Waals surface area contributed by atoms with Gasteiger partial charge in [0.2, 0.25) is 0 Å². The molecule has 1 aliphatic heterocycles. The topological polar surface area (TPSA) is 45.4 Å². The highest BCUT2D eigenvalue weighted by atomic mass is 16.3. The Morgan fingerprint density at radius 2 is 1.75 bits per heavy atom. The van der Waals surface area contributed by atoms with Crippen molar-refractivity contribution in [1.29, 1.82) is 0 Å². The number of furan rings is 1. The molecule has 148 valence electrons. The molecule has 0 spiro atoms. The molecule has 5 nitrogen and oxygen atoms in total. The predicted molar refractivity (Wildman–Crippen MR) is 112 cm³/mol. The molecule has 1 fully saturated rings. The highest BCUT2D eigenvalue weighted by Gasteiger charge is 2.21. The first-order chi connectivity index (χ1) is 13.6. The van der Waals surface area contributed by atoms with E-state index in [1.54, 1.807) is 0 Å². The third kappa shape index (κ3) is 4.59. The Morgan fingerprint density at radius 1 is 1.04 bits per heavy atom. The summed E-state index contributed by atoms with van der Waals surface area (Å²) in [7, 11) is 2.20. The molecule has 5 heteroatoms. The summed E-state index contributed by atoms with van der Waals surface area (Å²) in [5, 5.41) is 0. The van der Waals surface area contributed by atoms with Crippen LogP contribution in [0.3, 0.4) is 0 Å². The summed E-state index contributed by atoms with van der Waals surface area (Å²) >= 11 is 0. The molecule has 1 saturated heterocycles. The molecule has 0 N–H and O–H groups in total. The van der Waals surface area contributed by atoms with Crippen LogP contribution in [-0.4, -0.2) is 46.4 Å². The average Bonchev–Trinajstić information content (AvgIpc) is 3.08. The lowest BCUT2D eigenvalue weighted by molar-refractivity contribution is 0.139. The van der Waals surface area contributed by atoms with E-state index in [9.17, 15) is 0 Å². The minimum atomic E-state index is 0.744. The number of hydrogen-bond acceptors (Lipinski definition) is 5. The Morgan fingerprint density at radius 3 is 2.43 bits per heavy atom. The van der Waals surface area contributed by atoms with Gasteiger partial charge in [0.15, 0.2) is 0 Å². The van der Waals surface area contributed by atoms with Crippen molar-refractivity contribution in [1.82, 2.24) is 19.8 Å². The lowest BCUT2D eigenvalue weighted by atomic mass is 9.96. The normalized spacial score (nSPS) is 16.3. The zero-order chi connectivity index (χ0) is 19.5. The number of hydrogen-bond donors (Lipinski definition) is 0. The maximum Gasteiger partial charge on any atom is 0.118 e. The van der Waals surface area contributed by atoms with E-state index in [1.807, 2.05) is 31.2 Å². The zero-order valence-corrected chi connectivity index (χ0v) is 17.2. The fraction of sp³-hybridized carbons (Fsp3) is 0.478. The summed E-state index contributed by atoms with van der Waals surface area (Å²) in [5.41, 5.74) is 4.09. The number of aryl methyl sites for hydroxylation is 2. The molecule has 28 heavy (non-hydrogen) atoms. The minimum Gasteiger partial charge on any atom is -0.465 e. The average molecular weight is 379 g/mol.